The number of hydrogen-bond acceptors (Lipinski definition) is 5. The van der Waals surface area contributed by atoms with Crippen LogP contribution >= 0.6 is 0 Å². The first kappa shape index (κ1) is 22.6. The minimum atomic E-state index is -0.829. The molecule has 0 spiro atoms. The highest BCUT2D eigenvalue weighted by atomic mass is 16.2. The summed E-state index contributed by atoms with van der Waals surface area (Å²) in [4.78, 5) is 36.0. The van der Waals surface area contributed by atoms with E-state index in [2.05, 4.69) is 15.1 Å². The lowest BCUT2D eigenvalue weighted by atomic mass is 9.73. The molecule has 4 rings (SSSR count). The van der Waals surface area contributed by atoms with Crippen LogP contribution in [0, 0.1) is 26.2 Å². The molecular formula is C25H30N6O2. The molecule has 0 aliphatic carbocycles. The van der Waals surface area contributed by atoms with Crippen LogP contribution < -0.4 is 5.73 Å². The zero-order valence-corrected chi connectivity index (χ0v) is 19.4. The molecule has 1 aliphatic rings. The van der Waals surface area contributed by atoms with Crippen LogP contribution in [-0.4, -0.2) is 49.6 Å². The van der Waals surface area contributed by atoms with E-state index in [0.717, 1.165) is 40.1 Å². The number of primary amides is 1. The number of carbonyl (C=O) groups excluding carboxylic acids is 2. The van der Waals surface area contributed by atoms with E-state index in [1.54, 1.807) is 22.0 Å². The standard InChI is InChI=1S/C25H30N6O2/c1-17-18(2)29-31(19(17)3)14-23(32)30-10-6-9-25(15-30,24(26)33)11-20-7-4-5-8-22(20)21-12-27-16-28-13-21/h4-5,7-8,12-13,16H,6,9-11,14-15H2,1-3H3,(H2,26,33). The summed E-state index contributed by atoms with van der Waals surface area (Å²) in [6.07, 6.45) is 6.83. The van der Waals surface area contributed by atoms with Gasteiger partial charge < -0.3 is 10.6 Å². The fraction of sp³-hybridized carbons (Fsp3) is 0.400. The van der Waals surface area contributed by atoms with Gasteiger partial charge in [-0.05, 0) is 56.7 Å². The summed E-state index contributed by atoms with van der Waals surface area (Å²) >= 11 is 0. The first-order chi connectivity index (χ1) is 15.8. The van der Waals surface area contributed by atoms with Crippen molar-refractivity contribution in [1.29, 1.82) is 0 Å². The van der Waals surface area contributed by atoms with Gasteiger partial charge in [-0.3, -0.25) is 14.3 Å². The van der Waals surface area contributed by atoms with Crippen LogP contribution in [0.4, 0.5) is 0 Å². The van der Waals surface area contributed by atoms with Crippen molar-refractivity contribution in [3.8, 4) is 11.1 Å². The normalized spacial score (nSPS) is 18.3. The summed E-state index contributed by atoms with van der Waals surface area (Å²) in [6.45, 7) is 6.99. The summed E-state index contributed by atoms with van der Waals surface area (Å²) in [5.41, 5.74) is 11.0. The van der Waals surface area contributed by atoms with E-state index in [1.807, 2.05) is 45.0 Å². The van der Waals surface area contributed by atoms with Crippen LogP contribution in [0.15, 0.2) is 43.0 Å². The van der Waals surface area contributed by atoms with Crippen LogP contribution in [0.25, 0.3) is 11.1 Å². The molecule has 0 saturated carbocycles. The fourth-order valence-corrected chi connectivity index (χ4v) is 4.70. The molecule has 3 heterocycles. The predicted octanol–water partition coefficient (Wildman–Crippen LogP) is 2.60. The maximum atomic E-state index is 13.2. The first-order valence-corrected chi connectivity index (χ1v) is 11.2. The van der Waals surface area contributed by atoms with Crippen molar-refractivity contribution in [3.63, 3.8) is 0 Å². The summed E-state index contributed by atoms with van der Waals surface area (Å²) < 4.78 is 1.75. The second-order valence-electron chi connectivity index (χ2n) is 8.98. The molecule has 8 heteroatoms. The third-order valence-corrected chi connectivity index (χ3v) is 6.90. The molecule has 2 N–H and O–H groups in total. The number of amides is 2. The maximum absolute atomic E-state index is 13.2. The Balaban J connectivity index is 1.59. The Labute approximate surface area is 193 Å². The highest BCUT2D eigenvalue weighted by Gasteiger charge is 2.42. The number of rotatable bonds is 6. The molecule has 8 nitrogen and oxygen atoms in total. The van der Waals surface area contributed by atoms with Crippen molar-refractivity contribution in [2.75, 3.05) is 13.1 Å². The Bertz CT molecular complexity index is 1170. The minimum Gasteiger partial charge on any atom is -0.369 e. The molecule has 2 amide bonds. The summed E-state index contributed by atoms with van der Waals surface area (Å²) in [5.74, 6) is -0.420. The summed E-state index contributed by atoms with van der Waals surface area (Å²) in [7, 11) is 0. The van der Waals surface area contributed by atoms with E-state index >= 15 is 0 Å². The second-order valence-corrected chi connectivity index (χ2v) is 8.98. The Morgan fingerprint density at radius 2 is 1.85 bits per heavy atom. The molecule has 2 aromatic heterocycles. The van der Waals surface area contributed by atoms with Gasteiger partial charge in [-0.15, -0.1) is 0 Å². The molecule has 1 fully saturated rings. The van der Waals surface area contributed by atoms with Crippen LogP contribution in [0.5, 0.6) is 0 Å². The lowest BCUT2D eigenvalue weighted by Crippen LogP contribution is -2.53. The monoisotopic (exact) mass is 446 g/mol. The van der Waals surface area contributed by atoms with E-state index in [-0.39, 0.29) is 18.4 Å². The number of piperidine rings is 1. The molecule has 0 bridgehead atoms. The number of benzene rings is 1. The molecule has 1 unspecified atom stereocenters. The second kappa shape index (κ2) is 9.13. The Morgan fingerprint density at radius 1 is 1.12 bits per heavy atom. The third kappa shape index (κ3) is 4.51. The topological polar surface area (TPSA) is 107 Å². The molecule has 1 saturated heterocycles. The van der Waals surface area contributed by atoms with Crippen LogP contribution in [0.1, 0.15) is 35.4 Å². The molecule has 1 aromatic carbocycles. The van der Waals surface area contributed by atoms with Crippen LogP contribution in [-0.2, 0) is 22.6 Å². The number of aromatic nitrogens is 4. The van der Waals surface area contributed by atoms with Gasteiger partial charge in [-0.1, -0.05) is 24.3 Å². The summed E-state index contributed by atoms with van der Waals surface area (Å²) in [6, 6.07) is 7.91. The number of carbonyl (C=O) groups is 2. The quantitative estimate of drug-likeness (QED) is 0.626. The average Bonchev–Trinajstić information content (AvgIpc) is 3.06. The van der Waals surface area contributed by atoms with Gasteiger partial charge >= 0.3 is 0 Å². The van der Waals surface area contributed by atoms with E-state index < -0.39 is 5.41 Å². The zero-order valence-electron chi connectivity index (χ0n) is 19.4. The maximum Gasteiger partial charge on any atom is 0.244 e. The predicted molar refractivity (Wildman–Crippen MR) is 125 cm³/mol. The lowest BCUT2D eigenvalue weighted by molar-refractivity contribution is -0.140. The Morgan fingerprint density at radius 3 is 2.52 bits per heavy atom. The van der Waals surface area contributed by atoms with Gasteiger partial charge in [0.2, 0.25) is 11.8 Å². The van der Waals surface area contributed by atoms with Gasteiger partial charge in [0, 0.05) is 36.7 Å². The molecule has 0 radical (unpaired) electrons. The zero-order chi connectivity index (χ0) is 23.6. The molecule has 1 aliphatic heterocycles. The Hall–Kier alpha value is -3.55. The number of nitrogens with zero attached hydrogens (tertiary/aromatic N) is 5. The first-order valence-electron chi connectivity index (χ1n) is 11.2. The molecule has 3 aromatic rings. The van der Waals surface area contributed by atoms with Gasteiger partial charge in [0.1, 0.15) is 12.9 Å². The smallest absolute Gasteiger partial charge is 0.244 e. The highest BCUT2D eigenvalue weighted by molar-refractivity contribution is 5.84. The van der Waals surface area contributed by atoms with Crippen molar-refractivity contribution in [1.82, 2.24) is 24.6 Å². The molecule has 33 heavy (non-hydrogen) atoms. The number of likely N-dealkylation sites (tertiary alicyclic amines) is 1. The van der Waals surface area contributed by atoms with Gasteiger partial charge in [0.25, 0.3) is 0 Å². The van der Waals surface area contributed by atoms with Gasteiger partial charge in [-0.2, -0.15) is 5.10 Å². The Kier molecular flexibility index (Phi) is 6.26. The largest absolute Gasteiger partial charge is 0.369 e. The third-order valence-electron chi connectivity index (χ3n) is 6.90. The average molecular weight is 447 g/mol. The number of aryl methyl sites for hydroxylation is 1. The van der Waals surface area contributed by atoms with Crippen molar-refractivity contribution in [2.45, 2.75) is 46.6 Å². The van der Waals surface area contributed by atoms with E-state index in [9.17, 15) is 9.59 Å². The number of nitrogens with two attached hydrogens (primary N) is 1. The van der Waals surface area contributed by atoms with E-state index in [0.29, 0.717) is 25.9 Å². The van der Waals surface area contributed by atoms with Gasteiger partial charge in [0.05, 0.1) is 11.1 Å². The van der Waals surface area contributed by atoms with Crippen molar-refractivity contribution in [3.05, 3.63) is 65.5 Å². The van der Waals surface area contributed by atoms with Crippen LogP contribution in [0.3, 0.4) is 0 Å². The minimum absolute atomic E-state index is 0.0457. The van der Waals surface area contributed by atoms with Crippen molar-refractivity contribution >= 4 is 11.8 Å². The molecule has 172 valence electrons. The van der Waals surface area contributed by atoms with E-state index in [4.69, 9.17) is 5.73 Å². The summed E-state index contributed by atoms with van der Waals surface area (Å²) in [5, 5.41) is 4.49. The highest BCUT2D eigenvalue weighted by Crippen LogP contribution is 2.36. The van der Waals surface area contributed by atoms with Crippen LogP contribution in [0.2, 0.25) is 0 Å². The van der Waals surface area contributed by atoms with E-state index in [1.165, 1.54) is 6.33 Å². The van der Waals surface area contributed by atoms with Crippen molar-refractivity contribution in [2.24, 2.45) is 11.1 Å². The van der Waals surface area contributed by atoms with Gasteiger partial charge in [-0.25, -0.2) is 9.97 Å². The lowest BCUT2D eigenvalue weighted by Gasteiger charge is -2.41. The number of hydrogen-bond donors (Lipinski definition) is 1. The molecular weight excluding hydrogens is 416 g/mol. The van der Waals surface area contributed by atoms with Gasteiger partial charge in [0.15, 0.2) is 0 Å². The van der Waals surface area contributed by atoms with Crippen molar-refractivity contribution < 1.29 is 9.59 Å². The SMILES string of the molecule is Cc1nn(CC(=O)N2CCCC(Cc3ccccc3-c3cncnc3)(C(N)=O)C2)c(C)c1C. The molecule has 1 atom stereocenters. The fourth-order valence-electron chi connectivity index (χ4n) is 4.70.